The van der Waals surface area contributed by atoms with Crippen molar-refractivity contribution in [2.75, 3.05) is 0 Å². The van der Waals surface area contributed by atoms with E-state index in [9.17, 15) is 0 Å². The molecule has 0 unspecified atom stereocenters. The number of rotatable bonds is 1. The molecule has 1 heterocycles. The summed E-state index contributed by atoms with van der Waals surface area (Å²) in [5.41, 5.74) is 5.41. The highest BCUT2D eigenvalue weighted by Crippen LogP contribution is 2.28. The Bertz CT molecular complexity index is 745. The van der Waals surface area contributed by atoms with Gasteiger partial charge in [-0.15, -0.1) is 0 Å². The molecule has 20 heavy (non-hydrogen) atoms. The van der Waals surface area contributed by atoms with Gasteiger partial charge in [-0.2, -0.15) is 0 Å². The van der Waals surface area contributed by atoms with E-state index in [1.165, 1.54) is 5.56 Å². The van der Waals surface area contributed by atoms with Crippen LogP contribution in [-0.4, -0.2) is 4.98 Å². The molecule has 1 aromatic heterocycles. The molecule has 0 aliphatic rings. The van der Waals surface area contributed by atoms with Gasteiger partial charge >= 0.3 is 0 Å². The van der Waals surface area contributed by atoms with Crippen LogP contribution in [-0.2, 0) is 5.41 Å². The summed E-state index contributed by atoms with van der Waals surface area (Å²) in [5, 5.41) is 0. The Morgan fingerprint density at radius 3 is 2.25 bits per heavy atom. The Kier molecular flexibility index (Phi) is 2.89. The second-order valence-electron chi connectivity index (χ2n) is 6.27. The number of nitrogens with zero attached hydrogens (tertiary/aromatic N) is 1. The minimum absolute atomic E-state index is 0.163. The molecule has 0 bridgehead atoms. The normalized spacial score (nSPS) is 12.0. The number of para-hydroxylation sites is 1. The molecule has 2 heteroatoms. The molecule has 3 aromatic rings. The highest BCUT2D eigenvalue weighted by Gasteiger charge is 2.14. The summed E-state index contributed by atoms with van der Waals surface area (Å²) in [6.07, 6.45) is 0. The SMILES string of the molecule is Cc1cccc2nc(-c3ccc(C(C)(C)C)cc3)oc12. The van der Waals surface area contributed by atoms with E-state index in [0.29, 0.717) is 5.89 Å². The van der Waals surface area contributed by atoms with Gasteiger partial charge in [-0.1, -0.05) is 45.0 Å². The van der Waals surface area contributed by atoms with Crippen molar-refractivity contribution in [3.63, 3.8) is 0 Å². The molecular weight excluding hydrogens is 246 g/mol. The molecule has 0 amide bonds. The largest absolute Gasteiger partial charge is 0.436 e. The fraction of sp³-hybridized carbons (Fsp3) is 0.278. The Balaban J connectivity index is 2.05. The monoisotopic (exact) mass is 265 g/mol. The van der Waals surface area contributed by atoms with Crippen molar-refractivity contribution in [3.05, 3.63) is 53.6 Å². The minimum atomic E-state index is 0.163. The lowest BCUT2D eigenvalue weighted by molar-refractivity contribution is 0.589. The van der Waals surface area contributed by atoms with Crippen LogP contribution in [0.2, 0.25) is 0 Å². The van der Waals surface area contributed by atoms with E-state index in [1.54, 1.807) is 0 Å². The van der Waals surface area contributed by atoms with Crippen LogP contribution in [0.1, 0.15) is 31.9 Å². The first kappa shape index (κ1) is 12.9. The van der Waals surface area contributed by atoms with Crippen LogP contribution in [0.25, 0.3) is 22.6 Å². The number of aryl methyl sites for hydroxylation is 1. The van der Waals surface area contributed by atoms with Crippen molar-refractivity contribution in [3.8, 4) is 11.5 Å². The summed E-state index contributed by atoms with van der Waals surface area (Å²) in [4.78, 5) is 4.57. The van der Waals surface area contributed by atoms with Crippen LogP contribution in [0.15, 0.2) is 46.9 Å². The quantitative estimate of drug-likeness (QED) is 0.611. The maximum Gasteiger partial charge on any atom is 0.227 e. The zero-order valence-corrected chi connectivity index (χ0v) is 12.4. The van der Waals surface area contributed by atoms with Crippen molar-refractivity contribution in [1.82, 2.24) is 4.98 Å². The highest BCUT2D eigenvalue weighted by atomic mass is 16.3. The lowest BCUT2D eigenvalue weighted by atomic mass is 9.87. The van der Waals surface area contributed by atoms with E-state index in [0.717, 1.165) is 22.2 Å². The summed E-state index contributed by atoms with van der Waals surface area (Å²) in [5.74, 6) is 0.690. The Hall–Kier alpha value is -2.09. The topological polar surface area (TPSA) is 26.0 Å². The predicted molar refractivity (Wildman–Crippen MR) is 82.9 cm³/mol. The number of hydrogen-bond acceptors (Lipinski definition) is 2. The Labute approximate surface area is 119 Å². The fourth-order valence-electron chi connectivity index (χ4n) is 2.32. The first-order valence-corrected chi connectivity index (χ1v) is 6.92. The molecule has 0 spiro atoms. The number of hydrogen-bond donors (Lipinski definition) is 0. The zero-order valence-electron chi connectivity index (χ0n) is 12.4. The second-order valence-corrected chi connectivity index (χ2v) is 6.27. The van der Waals surface area contributed by atoms with Crippen molar-refractivity contribution in [1.29, 1.82) is 0 Å². The lowest BCUT2D eigenvalue weighted by Crippen LogP contribution is -2.10. The fourth-order valence-corrected chi connectivity index (χ4v) is 2.32. The van der Waals surface area contributed by atoms with Crippen LogP contribution in [0.3, 0.4) is 0 Å². The van der Waals surface area contributed by atoms with Crippen LogP contribution in [0.4, 0.5) is 0 Å². The molecular formula is C18H19NO. The van der Waals surface area contributed by atoms with Crippen LogP contribution < -0.4 is 0 Å². The summed E-state index contributed by atoms with van der Waals surface area (Å²) >= 11 is 0. The zero-order chi connectivity index (χ0) is 14.3. The molecule has 2 nitrogen and oxygen atoms in total. The number of benzene rings is 2. The van der Waals surface area contributed by atoms with Gasteiger partial charge in [0.15, 0.2) is 5.58 Å². The smallest absolute Gasteiger partial charge is 0.227 e. The van der Waals surface area contributed by atoms with Gasteiger partial charge in [0, 0.05) is 5.56 Å². The van der Waals surface area contributed by atoms with Crippen molar-refractivity contribution < 1.29 is 4.42 Å². The maximum atomic E-state index is 5.90. The second kappa shape index (κ2) is 4.48. The van der Waals surface area contributed by atoms with Gasteiger partial charge in [0.1, 0.15) is 5.52 Å². The Morgan fingerprint density at radius 2 is 1.65 bits per heavy atom. The summed E-state index contributed by atoms with van der Waals surface area (Å²) < 4.78 is 5.90. The van der Waals surface area contributed by atoms with E-state index >= 15 is 0 Å². The summed E-state index contributed by atoms with van der Waals surface area (Å²) in [6, 6.07) is 14.5. The van der Waals surface area contributed by atoms with Crippen LogP contribution in [0.5, 0.6) is 0 Å². The van der Waals surface area contributed by atoms with Gasteiger partial charge < -0.3 is 4.42 Å². The van der Waals surface area contributed by atoms with E-state index in [2.05, 4.69) is 50.0 Å². The van der Waals surface area contributed by atoms with Gasteiger partial charge in [0.25, 0.3) is 0 Å². The lowest BCUT2D eigenvalue weighted by Gasteiger charge is -2.18. The first-order chi connectivity index (χ1) is 9.45. The van der Waals surface area contributed by atoms with E-state index < -0.39 is 0 Å². The molecule has 102 valence electrons. The molecule has 0 saturated heterocycles. The van der Waals surface area contributed by atoms with Crippen molar-refractivity contribution in [2.45, 2.75) is 33.1 Å². The average molecular weight is 265 g/mol. The third-order valence-corrected chi connectivity index (χ3v) is 3.61. The number of oxazole rings is 1. The van der Waals surface area contributed by atoms with Gasteiger partial charge in [-0.25, -0.2) is 4.98 Å². The molecule has 3 rings (SSSR count). The van der Waals surface area contributed by atoms with E-state index in [4.69, 9.17) is 4.42 Å². The van der Waals surface area contributed by atoms with Crippen LogP contribution >= 0.6 is 0 Å². The molecule has 0 atom stereocenters. The van der Waals surface area contributed by atoms with Gasteiger partial charge in [0.05, 0.1) is 0 Å². The van der Waals surface area contributed by atoms with Crippen molar-refractivity contribution >= 4 is 11.1 Å². The third kappa shape index (κ3) is 2.22. The van der Waals surface area contributed by atoms with Gasteiger partial charge in [-0.05, 0) is 41.7 Å². The van der Waals surface area contributed by atoms with E-state index in [1.807, 2.05) is 25.1 Å². The molecule has 0 radical (unpaired) electrons. The first-order valence-electron chi connectivity index (χ1n) is 6.92. The highest BCUT2D eigenvalue weighted by molar-refractivity contribution is 5.79. The van der Waals surface area contributed by atoms with E-state index in [-0.39, 0.29) is 5.41 Å². The Morgan fingerprint density at radius 1 is 0.950 bits per heavy atom. The molecule has 0 aliphatic carbocycles. The van der Waals surface area contributed by atoms with Gasteiger partial charge in [0.2, 0.25) is 5.89 Å². The minimum Gasteiger partial charge on any atom is -0.436 e. The van der Waals surface area contributed by atoms with Crippen molar-refractivity contribution in [2.24, 2.45) is 0 Å². The molecule has 0 saturated carbocycles. The standard InChI is InChI=1S/C18H19NO/c1-12-6-5-7-15-16(12)20-17(19-15)13-8-10-14(11-9-13)18(2,3)4/h5-11H,1-4H3. The molecule has 0 fully saturated rings. The molecule has 0 N–H and O–H groups in total. The third-order valence-electron chi connectivity index (χ3n) is 3.61. The number of fused-ring (bicyclic) bond motifs is 1. The summed E-state index contributed by atoms with van der Waals surface area (Å²) in [7, 11) is 0. The molecule has 0 aliphatic heterocycles. The number of aromatic nitrogens is 1. The maximum absolute atomic E-state index is 5.90. The molecule has 2 aromatic carbocycles. The average Bonchev–Trinajstić information content (AvgIpc) is 2.83. The summed E-state index contributed by atoms with van der Waals surface area (Å²) in [6.45, 7) is 8.68. The van der Waals surface area contributed by atoms with Crippen LogP contribution in [0, 0.1) is 6.92 Å². The van der Waals surface area contributed by atoms with Gasteiger partial charge in [-0.3, -0.25) is 0 Å². The predicted octanol–water partition coefficient (Wildman–Crippen LogP) is 5.10.